The summed E-state index contributed by atoms with van der Waals surface area (Å²) >= 11 is 1.05. The van der Waals surface area contributed by atoms with Gasteiger partial charge in [-0.2, -0.15) is 0 Å². The molecule has 0 radical (unpaired) electrons. The van der Waals surface area contributed by atoms with Gasteiger partial charge < -0.3 is 9.26 Å². The number of nitrogens with zero attached hydrogens (tertiary/aromatic N) is 1. The van der Waals surface area contributed by atoms with E-state index in [9.17, 15) is 9.59 Å². The van der Waals surface area contributed by atoms with Gasteiger partial charge in [0.1, 0.15) is 10.6 Å². The van der Waals surface area contributed by atoms with Gasteiger partial charge in [0, 0.05) is 11.6 Å². The van der Waals surface area contributed by atoms with Gasteiger partial charge in [-0.3, -0.25) is 10.1 Å². The lowest BCUT2D eigenvalue weighted by Crippen LogP contribution is -2.09. The van der Waals surface area contributed by atoms with Crippen molar-refractivity contribution in [1.29, 1.82) is 0 Å². The molecule has 1 amide bonds. The zero-order valence-electron chi connectivity index (χ0n) is 13.7. The Bertz CT molecular complexity index is 896. The van der Waals surface area contributed by atoms with Crippen LogP contribution in [0.1, 0.15) is 31.8 Å². The van der Waals surface area contributed by atoms with E-state index >= 15 is 0 Å². The molecule has 6 nitrogen and oxygen atoms in total. The maximum absolute atomic E-state index is 12.2. The fraction of sp³-hybridized carbons (Fsp3) is 0.167. The molecule has 1 aromatic carbocycles. The van der Waals surface area contributed by atoms with Crippen LogP contribution in [0, 0.1) is 0 Å². The number of esters is 1. The third-order valence-electron chi connectivity index (χ3n) is 3.62. The molecule has 0 aliphatic carbocycles. The number of methoxy groups -OCH3 is 1. The summed E-state index contributed by atoms with van der Waals surface area (Å²) in [6, 6.07) is 12.8. The number of hydrogen-bond acceptors (Lipinski definition) is 6. The summed E-state index contributed by atoms with van der Waals surface area (Å²) in [6.45, 7) is 2.09. The van der Waals surface area contributed by atoms with E-state index < -0.39 is 5.97 Å². The van der Waals surface area contributed by atoms with Crippen molar-refractivity contribution in [3.05, 3.63) is 57.8 Å². The normalized spacial score (nSPS) is 10.5. The Balaban J connectivity index is 1.71. The number of hydrogen-bond donors (Lipinski definition) is 1. The molecule has 0 saturated carbocycles. The first-order valence-corrected chi connectivity index (χ1v) is 8.48. The number of carbonyl (C=O) groups excluding carboxylic acids is 2. The van der Waals surface area contributed by atoms with E-state index in [1.807, 2.05) is 24.3 Å². The number of amides is 1. The second-order valence-electron chi connectivity index (χ2n) is 5.24. The maximum atomic E-state index is 12.2. The molecule has 2 aromatic heterocycles. The molecule has 0 unspecified atom stereocenters. The Hall–Kier alpha value is -2.93. The quantitative estimate of drug-likeness (QED) is 0.699. The van der Waals surface area contributed by atoms with Gasteiger partial charge in [-0.15, -0.1) is 11.3 Å². The van der Waals surface area contributed by atoms with Crippen LogP contribution in [0.3, 0.4) is 0 Å². The van der Waals surface area contributed by atoms with Crippen LogP contribution in [0.4, 0.5) is 5.88 Å². The highest BCUT2D eigenvalue weighted by molar-refractivity contribution is 7.16. The van der Waals surface area contributed by atoms with Crippen LogP contribution in [0.5, 0.6) is 0 Å². The van der Waals surface area contributed by atoms with Gasteiger partial charge in [0.25, 0.3) is 5.91 Å². The van der Waals surface area contributed by atoms with E-state index in [4.69, 9.17) is 4.52 Å². The average Bonchev–Trinajstić information content (AvgIpc) is 3.31. The molecule has 3 aromatic rings. The van der Waals surface area contributed by atoms with Gasteiger partial charge in [0.2, 0.25) is 5.88 Å². The number of nitrogens with one attached hydrogen (secondary N) is 1. The third kappa shape index (κ3) is 3.77. The Morgan fingerprint density at radius 1 is 1.16 bits per heavy atom. The zero-order chi connectivity index (χ0) is 17.8. The minimum Gasteiger partial charge on any atom is -0.465 e. The molecule has 0 saturated heterocycles. The fourth-order valence-corrected chi connectivity index (χ4v) is 3.04. The molecule has 0 bridgehead atoms. The molecule has 2 heterocycles. The Morgan fingerprint density at radius 2 is 1.88 bits per heavy atom. The molecule has 7 heteroatoms. The first kappa shape index (κ1) is 16.9. The van der Waals surface area contributed by atoms with Crippen LogP contribution in [0.15, 0.2) is 47.0 Å². The molecule has 1 N–H and O–H groups in total. The highest BCUT2D eigenvalue weighted by Crippen LogP contribution is 2.24. The Morgan fingerprint density at radius 3 is 2.56 bits per heavy atom. The third-order valence-corrected chi connectivity index (χ3v) is 4.69. The van der Waals surface area contributed by atoms with E-state index in [0.717, 1.165) is 23.3 Å². The highest BCUT2D eigenvalue weighted by Gasteiger charge is 2.16. The van der Waals surface area contributed by atoms with Gasteiger partial charge >= 0.3 is 5.97 Å². The van der Waals surface area contributed by atoms with Gasteiger partial charge in [0.15, 0.2) is 0 Å². The van der Waals surface area contributed by atoms with Crippen molar-refractivity contribution in [2.24, 2.45) is 0 Å². The van der Waals surface area contributed by atoms with E-state index in [2.05, 4.69) is 22.1 Å². The molecular formula is C18H16N2O4S. The average molecular weight is 356 g/mol. The van der Waals surface area contributed by atoms with Crippen molar-refractivity contribution in [3.63, 3.8) is 0 Å². The van der Waals surface area contributed by atoms with E-state index in [0.29, 0.717) is 15.4 Å². The molecule has 25 heavy (non-hydrogen) atoms. The summed E-state index contributed by atoms with van der Waals surface area (Å²) < 4.78 is 9.80. The summed E-state index contributed by atoms with van der Waals surface area (Å²) in [4.78, 5) is 24.4. The maximum Gasteiger partial charge on any atom is 0.348 e. The lowest BCUT2D eigenvalue weighted by atomic mass is 10.1. The topological polar surface area (TPSA) is 81.4 Å². The number of carbonyl (C=O) groups is 2. The summed E-state index contributed by atoms with van der Waals surface area (Å²) in [7, 11) is 1.30. The molecule has 0 spiro atoms. The Kier molecular flexibility index (Phi) is 4.95. The Labute approximate surface area is 148 Å². The van der Waals surface area contributed by atoms with Gasteiger partial charge in [-0.1, -0.05) is 36.3 Å². The second kappa shape index (κ2) is 7.31. The minimum atomic E-state index is -0.471. The number of thiophene rings is 1. The van der Waals surface area contributed by atoms with Crippen molar-refractivity contribution in [2.45, 2.75) is 13.3 Å². The molecule has 3 rings (SSSR count). The molecule has 0 aliphatic rings. The van der Waals surface area contributed by atoms with Crippen LogP contribution in [0.2, 0.25) is 0 Å². The van der Waals surface area contributed by atoms with Crippen LogP contribution in [-0.2, 0) is 11.2 Å². The number of anilines is 1. The van der Waals surface area contributed by atoms with Crippen molar-refractivity contribution >= 4 is 29.1 Å². The van der Waals surface area contributed by atoms with Crippen LogP contribution >= 0.6 is 11.3 Å². The van der Waals surface area contributed by atoms with Crippen LogP contribution < -0.4 is 5.32 Å². The van der Waals surface area contributed by atoms with Crippen LogP contribution in [0.25, 0.3) is 11.3 Å². The molecule has 0 fully saturated rings. The van der Waals surface area contributed by atoms with E-state index in [1.165, 1.54) is 12.7 Å². The monoisotopic (exact) mass is 356 g/mol. The first-order valence-electron chi connectivity index (χ1n) is 7.66. The van der Waals surface area contributed by atoms with E-state index in [-0.39, 0.29) is 11.8 Å². The first-order chi connectivity index (χ1) is 12.1. The fourth-order valence-electron chi connectivity index (χ4n) is 2.23. The minimum absolute atomic E-state index is 0.243. The van der Waals surface area contributed by atoms with Crippen molar-refractivity contribution in [1.82, 2.24) is 5.16 Å². The number of benzene rings is 1. The molecule has 0 atom stereocenters. The van der Waals surface area contributed by atoms with Gasteiger partial charge in [0.05, 0.1) is 12.0 Å². The second-order valence-corrected chi connectivity index (χ2v) is 6.32. The predicted molar refractivity (Wildman–Crippen MR) is 94.9 cm³/mol. The number of aryl methyl sites for hydroxylation is 1. The molecular weight excluding hydrogens is 340 g/mol. The van der Waals surface area contributed by atoms with Crippen molar-refractivity contribution in [2.75, 3.05) is 12.4 Å². The summed E-state index contributed by atoms with van der Waals surface area (Å²) in [5.74, 6) is -0.599. The number of rotatable bonds is 5. The molecule has 128 valence electrons. The van der Waals surface area contributed by atoms with E-state index in [1.54, 1.807) is 18.2 Å². The summed E-state index contributed by atoms with van der Waals surface area (Å²) in [5, 5.41) is 6.61. The lowest BCUT2D eigenvalue weighted by Gasteiger charge is -1.98. The number of aromatic nitrogens is 1. The summed E-state index contributed by atoms with van der Waals surface area (Å²) in [6.07, 6.45) is 0.967. The highest BCUT2D eigenvalue weighted by atomic mass is 32.1. The summed E-state index contributed by atoms with van der Waals surface area (Å²) in [5.41, 5.74) is 2.78. The zero-order valence-corrected chi connectivity index (χ0v) is 14.6. The SMILES string of the molecule is CCc1ccc(-c2cc(NC(=O)c3ccc(C(=O)OC)s3)on2)cc1. The smallest absolute Gasteiger partial charge is 0.348 e. The number of ether oxygens (including phenoxy) is 1. The van der Waals surface area contributed by atoms with Crippen molar-refractivity contribution in [3.8, 4) is 11.3 Å². The predicted octanol–water partition coefficient (Wildman–Crippen LogP) is 4.00. The lowest BCUT2D eigenvalue weighted by molar-refractivity contribution is 0.0606. The van der Waals surface area contributed by atoms with Crippen LogP contribution in [-0.4, -0.2) is 24.1 Å². The molecule has 0 aliphatic heterocycles. The van der Waals surface area contributed by atoms with Gasteiger partial charge in [-0.05, 0) is 24.1 Å². The standard InChI is InChI=1S/C18H16N2O4S/c1-3-11-4-6-12(7-5-11)13-10-16(24-20-13)19-17(21)14-8-9-15(25-14)18(22)23-2/h4-10H,3H2,1-2H3,(H,19,21). The van der Waals surface area contributed by atoms with Gasteiger partial charge in [-0.25, -0.2) is 4.79 Å². The van der Waals surface area contributed by atoms with Crippen molar-refractivity contribution < 1.29 is 18.8 Å². The largest absolute Gasteiger partial charge is 0.465 e.